The van der Waals surface area contributed by atoms with Gasteiger partial charge in [-0.05, 0) is 19.1 Å². The summed E-state index contributed by atoms with van der Waals surface area (Å²) in [6.45, 7) is 1.70. The topological polar surface area (TPSA) is 47.9 Å². The highest BCUT2D eigenvalue weighted by Gasteiger charge is 2.12. The number of benzene rings is 2. The Morgan fingerprint density at radius 1 is 0.952 bits per heavy atom. The molecule has 2 rings (SSSR count). The Hall–Kier alpha value is -1.72. The highest BCUT2D eigenvalue weighted by atomic mass is 79.9. The maximum Gasteiger partial charge on any atom is 0.134 e. The third kappa shape index (κ3) is 3.89. The van der Waals surface area contributed by atoms with Crippen LogP contribution in [0.25, 0.3) is 0 Å². The minimum absolute atomic E-state index is 0.575. The number of halogens is 1. The summed E-state index contributed by atoms with van der Waals surface area (Å²) in [5.74, 6) is 2.43. The number of hydrogen-bond donors (Lipinski definition) is 1. The Morgan fingerprint density at radius 2 is 1.52 bits per heavy atom. The van der Waals surface area contributed by atoms with Gasteiger partial charge in [-0.1, -0.05) is 22.0 Å². The van der Waals surface area contributed by atoms with Crippen molar-refractivity contribution in [1.82, 2.24) is 0 Å². The van der Waals surface area contributed by atoms with Gasteiger partial charge in [-0.2, -0.15) is 0 Å². The van der Waals surface area contributed by atoms with Crippen LogP contribution in [-0.4, -0.2) is 19.3 Å². The molecule has 0 aliphatic heterocycles. The normalized spacial score (nSPS) is 11.9. The predicted molar refractivity (Wildman–Crippen MR) is 84.4 cm³/mol. The van der Waals surface area contributed by atoms with Gasteiger partial charge >= 0.3 is 0 Å². The van der Waals surface area contributed by atoms with Crippen molar-refractivity contribution in [3.05, 3.63) is 46.4 Å². The van der Waals surface area contributed by atoms with E-state index < -0.39 is 6.10 Å². The molecule has 0 radical (unpaired) electrons. The fraction of sp³-hybridized carbons (Fsp3) is 0.250. The largest absolute Gasteiger partial charge is 0.496 e. The summed E-state index contributed by atoms with van der Waals surface area (Å²) in [4.78, 5) is 0. The van der Waals surface area contributed by atoms with Crippen LogP contribution in [0.15, 0.2) is 40.9 Å². The molecular weight excluding hydrogens is 336 g/mol. The highest BCUT2D eigenvalue weighted by Crippen LogP contribution is 2.35. The standard InChI is InChI=1S/C16H17BrO4/c1-10(18)15-5-4-11(17)6-16(15)21-14-8-12(19-2)7-13(9-14)20-3/h4-10,18H,1-3H3. The lowest BCUT2D eigenvalue weighted by molar-refractivity contribution is 0.195. The van der Waals surface area contributed by atoms with Crippen molar-refractivity contribution in [2.75, 3.05) is 14.2 Å². The lowest BCUT2D eigenvalue weighted by Crippen LogP contribution is -1.97. The van der Waals surface area contributed by atoms with Crippen LogP contribution in [0, 0.1) is 0 Å². The number of aliphatic hydroxyl groups excluding tert-OH is 1. The van der Waals surface area contributed by atoms with Crippen molar-refractivity contribution < 1.29 is 19.3 Å². The second-order valence-corrected chi connectivity index (χ2v) is 5.42. The molecule has 0 saturated carbocycles. The maximum absolute atomic E-state index is 9.83. The molecule has 112 valence electrons. The molecular formula is C16H17BrO4. The molecule has 0 aromatic heterocycles. The first kappa shape index (κ1) is 15.7. The van der Waals surface area contributed by atoms with E-state index in [2.05, 4.69) is 15.9 Å². The van der Waals surface area contributed by atoms with Crippen molar-refractivity contribution in [2.24, 2.45) is 0 Å². The van der Waals surface area contributed by atoms with Gasteiger partial charge in [0.2, 0.25) is 0 Å². The lowest BCUT2D eigenvalue weighted by atomic mass is 10.1. The first-order valence-electron chi connectivity index (χ1n) is 6.42. The molecule has 0 aliphatic carbocycles. The smallest absolute Gasteiger partial charge is 0.134 e. The van der Waals surface area contributed by atoms with E-state index in [0.717, 1.165) is 4.47 Å². The van der Waals surface area contributed by atoms with E-state index in [1.807, 2.05) is 18.2 Å². The second kappa shape index (κ2) is 6.83. The van der Waals surface area contributed by atoms with Gasteiger partial charge in [-0.25, -0.2) is 0 Å². The van der Waals surface area contributed by atoms with Crippen LogP contribution in [0.3, 0.4) is 0 Å². The van der Waals surface area contributed by atoms with Gasteiger partial charge in [0.1, 0.15) is 23.0 Å². The average Bonchev–Trinajstić information content (AvgIpc) is 2.46. The SMILES string of the molecule is COc1cc(OC)cc(Oc2cc(Br)ccc2C(C)O)c1. The lowest BCUT2D eigenvalue weighted by Gasteiger charge is -2.15. The molecule has 0 bridgehead atoms. The zero-order valence-electron chi connectivity index (χ0n) is 12.1. The number of methoxy groups -OCH3 is 2. The summed E-state index contributed by atoms with van der Waals surface area (Å²) in [6.07, 6.45) is -0.624. The number of aliphatic hydroxyl groups is 1. The summed E-state index contributed by atoms with van der Waals surface area (Å²) < 4.78 is 17.2. The molecule has 0 fully saturated rings. The van der Waals surface area contributed by atoms with Crippen LogP contribution in [0.2, 0.25) is 0 Å². The molecule has 1 atom stereocenters. The predicted octanol–water partition coefficient (Wildman–Crippen LogP) is 4.31. The van der Waals surface area contributed by atoms with Crippen molar-refractivity contribution in [2.45, 2.75) is 13.0 Å². The van der Waals surface area contributed by atoms with Gasteiger partial charge in [0.15, 0.2) is 0 Å². The molecule has 2 aromatic carbocycles. The summed E-state index contributed by atoms with van der Waals surface area (Å²) >= 11 is 3.40. The van der Waals surface area contributed by atoms with E-state index in [0.29, 0.717) is 28.6 Å². The monoisotopic (exact) mass is 352 g/mol. The molecule has 0 heterocycles. The van der Waals surface area contributed by atoms with Gasteiger partial charge in [0.25, 0.3) is 0 Å². The molecule has 0 amide bonds. The van der Waals surface area contributed by atoms with Gasteiger partial charge in [0, 0.05) is 28.2 Å². The van der Waals surface area contributed by atoms with Crippen LogP contribution in [0.1, 0.15) is 18.6 Å². The Balaban J connectivity index is 2.39. The number of hydrogen-bond acceptors (Lipinski definition) is 4. The van der Waals surface area contributed by atoms with E-state index in [9.17, 15) is 5.11 Å². The zero-order chi connectivity index (χ0) is 15.4. The van der Waals surface area contributed by atoms with Crippen LogP contribution in [-0.2, 0) is 0 Å². The Kier molecular flexibility index (Phi) is 5.09. The summed E-state index contributed by atoms with van der Waals surface area (Å²) in [6, 6.07) is 10.8. The minimum atomic E-state index is -0.624. The van der Waals surface area contributed by atoms with E-state index >= 15 is 0 Å². The molecule has 0 spiro atoms. The van der Waals surface area contributed by atoms with Gasteiger partial charge in [-0.15, -0.1) is 0 Å². The third-order valence-electron chi connectivity index (χ3n) is 2.98. The Labute approximate surface area is 132 Å². The molecule has 0 aliphatic rings. The van der Waals surface area contributed by atoms with Crippen molar-refractivity contribution >= 4 is 15.9 Å². The van der Waals surface area contributed by atoms with Crippen LogP contribution < -0.4 is 14.2 Å². The molecule has 1 N–H and O–H groups in total. The fourth-order valence-corrected chi connectivity index (χ4v) is 2.25. The summed E-state index contributed by atoms with van der Waals surface area (Å²) in [5, 5.41) is 9.83. The van der Waals surface area contributed by atoms with Crippen molar-refractivity contribution in [1.29, 1.82) is 0 Å². The van der Waals surface area contributed by atoms with E-state index in [1.165, 1.54) is 0 Å². The number of rotatable bonds is 5. The molecule has 0 saturated heterocycles. The van der Waals surface area contributed by atoms with Crippen molar-refractivity contribution in [3.63, 3.8) is 0 Å². The molecule has 4 nitrogen and oxygen atoms in total. The fourth-order valence-electron chi connectivity index (χ4n) is 1.91. The van der Waals surface area contributed by atoms with Crippen molar-refractivity contribution in [3.8, 4) is 23.0 Å². The molecule has 5 heteroatoms. The van der Waals surface area contributed by atoms with Gasteiger partial charge in [0.05, 0.1) is 20.3 Å². The van der Waals surface area contributed by atoms with Crippen LogP contribution in [0.4, 0.5) is 0 Å². The van der Waals surface area contributed by atoms with Gasteiger partial charge in [-0.3, -0.25) is 0 Å². The van der Waals surface area contributed by atoms with E-state index in [-0.39, 0.29) is 0 Å². The zero-order valence-corrected chi connectivity index (χ0v) is 13.7. The summed E-state index contributed by atoms with van der Waals surface area (Å²) in [5.41, 5.74) is 0.708. The average molecular weight is 353 g/mol. The van der Waals surface area contributed by atoms with Crippen LogP contribution in [0.5, 0.6) is 23.0 Å². The Morgan fingerprint density at radius 3 is 2.05 bits per heavy atom. The first-order chi connectivity index (χ1) is 10.0. The first-order valence-corrected chi connectivity index (χ1v) is 7.21. The van der Waals surface area contributed by atoms with E-state index in [1.54, 1.807) is 39.3 Å². The molecule has 21 heavy (non-hydrogen) atoms. The quantitative estimate of drug-likeness (QED) is 0.870. The van der Waals surface area contributed by atoms with E-state index in [4.69, 9.17) is 14.2 Å². The maximum atomic E-state index is 9.83. The summed E-state index contributed by atoms with van der Waals surface area (Å²) in [7, 11) is 3.16. The Bertz CT molecular complexity index is 603. The number of ether oxygens (including phenoxy) is 3. The second-order valence-electron chi connectivity index (χ2n) is 4.51. The molecule has 2 aromatic rings. The van der Waals surface area contributed by atoms with Gasteiger partial charge < -0.3 is 19.3 Å². The molecule has 1 unspecified atom stereocenters. The highest BCUT2D eigenvalue weighted by molar-refractivity contribution is 9.10. The van der Waals surface area contributed by atoms with Crippen LogP contribution >= 0.6 is 15.9 Å². The minimum Gasteiger partial charge on any atom is -0.496 e. The third-order valence-corrected chi connectivity index (χ3v) is 3.47.